The number of rotatable bonds is 3. The highest BCUT2D eigenvalue weighted by Gasteiger charge is 2.07. The Morgan fingerprint density at radius 1 is 1.19 bits per heavy atom. The molecule has 0 aliphatic carbocycles. The summed E-state index contributed by atoms with van der Waals surface area (Å²) in [5.74, 6) is 1.58. The predicted molar refractivity (Wildman–Crippen MR) is 79.1 cm³/mol. The molecule has 0 radical (unpaired) electrons. The van der Waals surface area contributed by atoms with Gasteiger partial charge in [-0.2, -0.15) is 5.26 Å². The minimum Gasteiger partial charge on any atom is -0.504 e. The summed E-state index contributed by atoms with van der Waals surface area (Å²) in [6.07, 6.45) is 0. The van der Waals surface area contributed by atoms with Crippen LogP contribution in [0.4, 0.5) is 0 Å². The topological polar surface area (TPSA) is 75.4 Å². The minimum atomic E-state index is 0.0569. The molecule has 1 heterocycles. The van der Waals surface area contributed by atoms with E-state index in [0.29, 0.717) is 22.3 Å². The van der Waals surface area contributed by atoms with Crippen molar-refractivity contribution in [1.29, 1.82) is 5.26 Å². The minimum absolute atomic E-state index is 0.0569. The van der Waals surface area contributed by atoms with Crippen LogP contribution in [0, 0.1) is 11.3 Å². The zero-order valence-electron chi connectivity index (χ0n) is 11.0. The monoisotopic (exact) mass is 298 g/mol. The Morgan fingerprint density at radius 3 is 2.71 bits per heavy atom. The smallest absolute Gasteiger partial charge is 0.195 e. The standard InChI is InChI=1S/C15H10N2O3S/c1-19-13-6-9(3-5-12(13)18)20-10-2-4-11-14(7-10)21-15(8-16)17-11/h2-7,18H,1H3. The van der Waals surface area contributed by atoms with E-state index in [2.05, 4.69) is 4.98 Å². The molecule has 1 N–H and O–H groups in total. The van der Waals surface area contributed by atoms with E-state index < -0.39 is 0 Å². The van der Waals surface area contributed by atoms with Crippen LogP contribution in [0.1, 0.15) is 5.01 Å². The lowest BCUT2D eigenvalue weighted by atomic mass is 10.3. The first-order chi connectivity index (χ1) is 10.2. The lowest BCUT2D eigenvalue weighted by Gasteiger charge is -2.08. The highest BCUT2D eigenvalue weighted by Crippen LogP contribution is 2.33. The summed E-state index contributed by atoms with van der Waals surface area (Å²) in [5.41, 5.74) is 0.771. The van der Waals surface area contributed by atoms with Gasteiger partial charge >= 0.3 is 0 Å². The van der Waals surface area contributed by atoms with Crippen molar-refractivity contribution in [1.82, 2.24) is 4.98 Å². The third-order valence-corrected chi connectivity index (χ3v) is 3.77. The zero-order valence-corrected chi connectivity index (χ0v) is 11.8. The third-order valence-electron chi connectivity index (χ3n) is 2.84. The number of methoxy groups -OCH3 is 1. The maximum Gasteiger partial charge on any atom is 0.195 e. The van der Waals surface area contributed by atoms with E-state index in [-0.39, 0.29) is 5.75 Å². The molecule has 0 saturated heterocycles. The van der Waals surface area contributed by atoms with Crippen LogP contribution in [0.3, 0.4) is 0 Å². The fraction of sp³-hybridized carbons (Fsp3) is 0.0667. The number of thiazole rings is 1. The molecular weight excluding hydrogens is 288 g/mol. The average Bonchev–Trinajstić information content (AvgIpc) is 2.91. The summed E-state index contributed by atoms with van der Waals surface area (Å²) in [6, 6.07) is 12.2. The maximum absolute atomic E-state index is 9.55. The Balaban J connectivity index is 1.92. The van der Waals surface area contributed by atoms with Crippen LogP contribution in [0.2, 0.25) is 0 Å². The first-order valence-electron chi connectivity index (χ1n) is 6.05. The van der Waals surface area contributed by atoms with Gasteiger partial charge in [-0.25, -0.2) is 4.98 Å². The third kappa shape index (κ3) is 2.59. The molecule has 6 heteroatoms. The summed E-state index contributed by atoms with van der Waals surface area (Å²) >= 11 is 1.32. The molecule has 1 aromatic heterocycles. The molecule has 0 atom stereocenters. The van der Waals surface area contributed by atoms with Gasteiger partial charge in [0.25, 0.3) is 0 Å². The highest BCUT2D eigenvalue weighted by atomic mass is 32.1. The molecule has 3 rings (SSSR count). The number of nitriles is 1. The van der Waals surface area contributed by atoms with Crippen molar-refractivity contribution in [2.45, 2.75) is 0 Å². The van der Waals surface area contributed by atoms with Crippen LogP contribution >= 0.6 is 11.3 Å². The van der Waals surface area contributed by atoms with Crippen LogP contribution in [-0.2, 0) is 0 Å². The van der Waals surface area contributed by atoms with Gasteiger partial charge in [-0.3, -0.25) is 0 Å². The number of aromatic nitrogens is 1. The van der Waals surface area contributed by atoms with Crippen molar-refractivity contribution < 1.29 is 14.6 Å². The molecule has 104 valence electrons. The van der Waals surface area contributed by atoms with Gasteiger partial charge in [0, 0.05) is 12.1 Å². The van der Waals surface area contributed by atoms with Gasteiger partial charge in [-0.05, 0) is 24.3 Å². The largest absolute Gasteiger partial charge is 0.504 e. The fourth-order valence-electron chi connectivity index (χ4n) is 1.87. The first-order valence-corrected chi connectivity index (χ1v) is 6.87. The van der Waals surface area contributed by atoms with Crippen molar-refractivity contribution in [3.8, 4) is 29.1 Å². The quantitative estimate of drug-likeness (QED) is 0.798. The summed E-state index contributed by atoms with van der Waals surface area (Å²) in [7, 11) is 1.48. The summed E-state index contributed by atoms with van der Waals surface area (Å²) in [6.45, 7) is 0. The Morgan fingerprint density at radius 2 is 1.95 bits per heavy atom. The normalized spacial score (nSPS) is 10.3. The molecule has 0 unspecified atom stereocenters. The van der Waals surface area contributed by atoms with E-state index >= 15 is 0 Å². The lowest BCUT2D eigenvalue weighted by Crippen LogP contribution is -1.87. The molecule has 0 amide bonds. The van der Waals surface area contributed by atoms with Crippen LogP contribution in [0.25, 0.3) is 10.2 Å². The van der Waals surface area contributed by atoms with Crippen molar-refractivity contribution in [3.63, 3.8) is 0 Å². The van der Waals surface area contributed by atoms with E-state index in [9.17, 15) is 5.11 Å². The summed E-state index contributed by atoms with van der Waals surface area (Å²) in [4.78, 5) is 4.17. The Bertz CT molecular complexity index is 852. The molecule has 0 aliphatic heterocycles. The van der Waals surface area contributed by atoms with E-state index in [1.807, 2.05) is 12.1 Å². The number of nitrogens with zero attached hydrogens (tertiary/aromatic N) is 2. The Labute approximate surface area is 124 Å². The van der Waals surface area contributed by atoms with E-state index in [1.54, 1.807) is 24.3 Å². The molecule has 0 bridgehead atoms. The number of phenolic OH excluding ortho intramolecular Hbond substituents is 1. The highest BCUT2D eigenvalue weighted by molar-refractivity contribution is 7.19. The van der Waals surface area contributed by atoms with E-state index in [4.69, 9.17) is 14.7 Å². The number of hydrogen-bond donors (Lipinski definition) is 1. The van der Waals surface area contributed by atoms with E-state index in [0.717, 1.165) is 10.2 Å². The fourth-order valence-corrected chi connectivity index (χ4v) is 2.67. The van der Waals surface area contributed by atoms with Gasteiger partial charge < -0.3 is 14.6 Å². The molecule has 0 aliphatic rings. The van der Waals surface area contributed by atoms with Gasteiger partial charge in [-0.1, -0.05) is 0 Å². The van der Waals surface area contributed by atoms with Crippen LogP contribution < -0.4 is 9.47 Å². The van der Waals surface area contributed by atoms with Crippen molar-refractivity contribution in [3.05, 3.63) is 41.4 Å². The maximum atomic E-state index is 9.55. The number of phenols is 1. The molecule has 0 spiro atoms. The van der Waals surface area contributed by atoms with Gasteiger partial charge in [0.2, 0.25) is 0 Å². The van der Waals surface area contributed by atoms with Gasteiger partial charge in [0.1, 0.15) is 17.6 Å². The first kappa shape index (κ1) is 13.2. The molecule has 21 heavy (non-hydrogen) atoms. The SMILES string of the molecule is COc1cc(Oc2ccc3nc(C#N)sc3c2)ccc1O. The Kier molecular flexibility index (Phi) is 3.34. The number of ether oxygens (including phenoxy) is 2. The van der Waals surface area contributed by atoms with Gasteiger partial charge in [-0.15, -0.1) is 11.3 Å². The molecule has 5 nitrogen and oxygen atoms in total. The zero-order chi connectivity index (χ0) is 14.8. The summed E-state index contributed by atoms with van der Waals surface area (Å²) in [5, 5.41) is 18.8. The second-order valence-electron chi connectivity index (χ2n) is 4.20. The molecule has 2 aromatic carbocycles. The van der Waals surface area contributed by atoms with Gasteiger partial charge in [0.05, 0.1) is 17.3 Å². The van der Waals surface area contributed by atoms with Crippen molar-refractivity contribution >= 4 is 21.6 Å². The number of hydrogen-bond acceptors (Lipinski definition) is 6. The number of benzene rings is 2. The number of fused-ring (bicyclic) bond motifs is 1. The van der Waals surface area contributed by atoms with E-state index in [1.165, 1.54) is 24.5 Å². The molecular formula is C15H10N2O3S. The lowest BCUT2D eigenvalue weighted by molar-refractivity contribution is 0.369. The van der Waals surface area contributed by atoms with Crippen LogP contribution in [0.5, 0.6) is 23.0 Å². The number of aromatic hydroxyl groups is 1. The molecule has 3 aromatic rings. The summed E-state index contributed by atoms with van der Waals surface area (Å²) < 4.78 is 11.7. The Hall–Kier alpha value is -2.78. The van der Waals surface area contributed by atoms with Crippen LogP contribution in [0.15, 0.2) is 36.4 Å². The second kappa shape index (κ2) is 5.31. The van der Waals surface area contributed by atoms with Crippen molar-refractivity contribution in [2.75, 3.05) is 7.11 Å². The van der Waals surface area contributed by atoms with Gasteiger partial charge in [0.15, 0.2) is 16.5 Å². The van der Waals surface area contributed by atoms with Crippen molar-refractivity contribution in [2.24, 2.45) is 0 Å². The van der Waals surface area contributed by atoms with Crippen LogP contribution in [-0.4, -0.2) is 17.2 Å². The predicted octanol–water partition coefficient (Wildman–Crippen LogP) is 3.67. The molecule has 0 saturated carbocycles. The molecule has 0 fully saturated rings. The second-order valence-corrected chi connectivity index (χ2v) is 5.23. The average molecular weight is 298 g/mol.